The van der Waals surface area contributed by atoms with Crippen LogP contribution < -0.4 is 16.0 Å². The zero-order chi connectivity index (χ0) is 19.7. The fraction of sp³-hybridized carbons (Fsp3) is 0.333. The van der Waals surface area contributed by atoms with E-state index in [2.05, 4.69) is 5.32 Å². The van der Waals surface area contributed by atoms with Crippen molar-refractivity contribution in [1.82, 2.24) is 0 Å². The van der Waals surface area contributed by atoms with Crippen molar-refractivity contribution in [2.75, 3.05) is 16.8 Å². The fourth-order valence-corrected chi connectivity index (χ4v) is 3.84. The van der Waals surface area contributed by atoms with Crippen LogP contribution in [0, 0.1) is 0 Å². The predicted molar refractivity (Wildman–Crippen MR) is 108 cm³/mol. The van der Waals surface area contributed by atoms with E-state index in [0.717, 1.165) is 23.2 Å². The summed E-state index contributed by atoms with van der Waals surface area (Å²) < 4.78 is 5.62. The van der Waals surface area contributed by atoms with Crippen LogP contribution in [-0.4, -0.2) is 30.6 Å². The summed E-state index contributed by atoms with van der Waals surface area (Å²) in [5, 5.41) is 3.49. The number of halogens is 1. The number of hydrogen-bond acceptors (Lipinski definition) is 4. The average molecular weight is 400 g/mol. The van der Waals surface area contributed by atoms with E-state index < -0.39 is 6.10 Å². The maximum Gasteiger partial charge on any atom is 0.253 e. The predicted octanol–water partition coefficient (Wildman–Crippen LogP) is 2.87. The van der Waals surface area contributed by atoms with Gasteiger partial charge in [-0.25, -0.2) is 0 Å². The summed E-state index contributed by atoms with van der Waals surface area (Å²) in [6, 6.07) is 13.0. The van der Waals surface area contributed by atoms with Crippen molar-refractivity contribution >= 4 is 34.8 Å². The molecule has 2 aromatic rings. The molecule has 1 saturated heterocycles. The molecule has 0 spiro atoms. The van der Waals surface area contributed by atoms with Crippen LogP contribution >= 0.6 is 11.6 Å². The van der Waals surface area contributed by atoms with Gasteiger partial charge in [-0.2, -0.15) is 0 Å². The minimum Gasteiger partial charge on any atom is -0.364 e. The number of anilines is 2. The second-order valence-electron chi connectivity index (χ2n) is 7.18. The molecule has 0 aliphatic carbocycles. The molecule has 2 atom stereocenters. The molecule has 0 radical (unpaired) electrons. The van der Waals surface area contributed by atoms with Gasteiger partial charge in [0.2, 0.25) is 5.91 Å². The number of benzene rings is 2. The van der Waals surface area contributed by atoms with E-state index >= 15 is 0 Å². The van der Waals surface area contributed by atoms with Gasteiger partial charge < -0.3 is 20.7 Å². The maximum atomic E-state index is 12.4. The standard InChI is InChI=1S/C21H22ClN3O3/c22-15-4-3-14-9-20(26)25(18(14)10-15)12-13-1-5-16(6-2-13)24-21(27)19-8-7-17(11-23)28-19/h1-6,10,17,19H,7-9,11-12,23H2,(H,24,27)/t17-,19+/m1/s1. The molecule has 0 aromatic heterocycles. The molecule has 2 aromatic carbocycles. The molecule has 7 heteroatoms. The molecule has 0 bridgehead atoms. The van der Waals surface area contributed by atoms with Gasteiger partial charge in [0.15, 0.2) is 0 Å². The largest absolute Gasteiger partial charge is 0.364 e. The number of nitrogens with two attached hydrogens (primary N) is 1. The van der Waals surface area contributed by atoms with E-state index in [0.29, 0.717) is 36.6 Å². The molecular weight excluding hydrogens is 378 g/mol. The Morgan fingerprint density at radius 1 is 1.21 bits per heavy atom. The van der Waals surface area contributed by atoms with Crippen molar-refractivity contribution in [1.29, 1.82) is 0 Å². The Bertz CT molecular complexity index is 900. The van der Waals surface area contributed by atoms with Gasteiger partial charge in [-0.15, -0.1) is 0 Å². The normalized spacial score (nSPS) is 21.1. The molecule has 4 rings (SSSR count). The van der Waals surface area contributed by atoms with Crippen LogP contribution in [-0.2, 0) is 27.3 Å². The number of amides is 2. The number of hydrogen-bond donors (Lipinski definition) is 2. The van der Waals surface area contributed by atoms with E-state index in [4.69, 9.17) is 22.1 Å². The van der Waals surface area contributed by atoms with Crippen molar-refractivity contribution in [3.63, 3.8) is 0 Å². The minimum absolute atomic E-state index is 0.0347. The first-order chi connectivity index (χ1) is 13.5. The Labute approximate surface area is 168 Å². The number of nitrogens with one attached hydrogen (secondary N) is 1. The number of rotatable bonds is 5. The summed E-state index contributed by atoms with van der Waals surface area (Å²) in [6.45, 7) is 0.895. The zero-order valence-electron chi connectivity index (χ0n) is 15.4. The first-order valence-electron chi connectivity index (χ1n) is 9.37. The number of carbonyl (C=O) groups is 2. The van der Waals surface area contributed by atoms with E-state index in [1.54, 1.807) is 11.0 Å². The van der Waals surface area contributed by atoms with Gasteiger partial charge in [-0.3, -0.25) is 9.59 Å². The van der Waals surface area contributed by atoms with Gasteiger partial charge in [0.1, 0.15) is 6.10 Å². The van der Waals surface area contributed by atoms with Crippen LogP contribution in [0.1, 0.15) is 24.0 Å². The third kappa shape index (κ3) is 3.90. The Balaban J connectivity index is 1.40. The first kappa shape index (κ1) is 18.9. The topological polar surface area (TPSA) is 84.7 Å². The summed E-state index contributed by atoms with van der Waals surface area (Å²) in [4.78, 5) is 26.4. The molecule has 2 heterocycles. The Morgan fingerprint density at radius 3 is 2.71 bits per heavy atom. The second-order valence-corrected chi connectivity index (χ2v) is 7.61. The van der Waals surface area contributed by atoms with Gasteiger partial charge >= 0.3 is 0 Å². The third-order valence-corrected chi connectivity index (χ3v) is 5.44. The van der Waals surface area contributed by atoms with Crippen LogP contribution in [0.4, 0.5) is 11.4 Å². The van der Waals surface area contributed by atoms with E-state index in [-0.39, 0.29) is 17.9 Å². The molecule has 0 unspecified atom stereocenters. The Hall–Kier alpha value is -2.41. The lowest BCUT2D eigenvalue weighted by atomic mass is 10.1. The lowest BCUT2D eigenvalue weighted by molar-refractivity contribution is -0.126. The summed E-state index contributed by atoms with van der Waals surface area (Å²) >= 11 is 6.09. The highest BCUT2D eigenvalue weighted by molar-refractivity contribution is 6.31. The molecule has 3 N–H and O–H groups in total. The molecule has 0 saturated carbocycles. The van der Waals surface area contributed by atoms with Crippen LogP contribution in [0.15, 0.2) is 42.5 Å². The lowest BCUT2D eigenvalue weighted by Crippen LogP contribution is -2.29. The number of ether oxygens (including phenoxy) is 1. The maximum absolute atomic E-state index is 12.4. The van der Waals surface area contributed by atoms with Gasteiger partial charge in [0.25, 0.3) is 5.91 Å². The van der Waals surface area contributed by atoms with Crippen molar-refractivity contribution in [2.24, 2.45) is 5.73 Å². The van der Waals surface area contributed by atoms with E-state index in [1.165, 1.54) is 0 Å². The van der Waals surface area contributed by atoms with Crippen LogP contribution in [0.3, 0.4) is 0 Å². The van der Waals surface area contributed by atoms with Gasteiger partial charge in [-0.05, 0) is 48.2 Å². The monoisotopic (exact) mass is 399 g/mol. The second kappa shape index (κ2) is 7.91. The Morgan fingerprint density at radius 2 is 2.00 bits per heavy atom. The number of nitrogens with zero attached hydrogens (tertiary/aromatic N) is 1. The number of carbonyl (C=O) groups excluding carboxylic acids is 2. The molecule has 1 fully saturated rings. The quantitative estimate of drug-likeness (QED) is 0.809. The highest BCUT2D eigenvalue weighted by atomic mass is 35.5. The van der Waals surface area contributed by atoms with Crippen molar-refractivity contribution in [3.8, 4) is 0 Å². The highest BCUT2D eigenvalue weighted by Crippen LogP contribution is 2.32. The number of fused-ring (bicyclic) bond motifs is 1. The van der Waals surface area contributed by atoms with Crippen LogP contribution in [0.2, 0.25) is 5.02 Å². The van der Waals surface area contributed by atoms with E-state index in [9.17, 15) is 9.59 Å². The van der Waals surface area contributed by atoms with Crippen molar-refractivity contribution in [3.05, 3.63) is 58.6 Å². The average Bonchev–Trinajstić information content (AvgIpc) is 3.29. The van der Waals surface area contributed by atoms with Crippen LogP contribution in [0.25, 0.3) is 0 Å². The van der Waals surface area contributed by atoms with E-state index in [1.807, 2.05) is 36.4 Å². The van der Waals surface area contributed by atoms with Crippen molar-refractivity contribution in [2.45, 2.75) is 38.0 Å². The summed E-state index contributed by atoms with van der Waals surface area (Å²) in [6.07, 6.45) is 1.41. The fourth-order valence-electron chi connectivity index (χ4n) is 3.67. The minimum atomic E-state index is -0.448. The molecule has 2 aliphatic rings. The van der Waals surface area contributed by atoms with Gasteiger partial charge in [-0.1, -0.05) is 29.8 Å². The lowest BCUT2D eigenvalue weighted by Gasteiger charge is -2.18. The van der Waals surface area contributed by atoms with Crippen LogP contribution in [0.5, 0.6) is 0 Å². The SMILES string of the molecule is NC[C@H]1CC[C@@H](C(=O)Nc2ccc(CN3C(=O)Cc4ccc(Cl)cc43)cc2)O1. The summed E-state index contributed by atoms with van der Waals surface area (Å²) in [7, 11) is 0. The molecule has 6 nitrogen and oxygen atoms in total. The summed E-state index contributed by atoms with van der Waals surface area (Å²) in [5.41, 5.74) is 9.11. The van der Waals surface area contributed by atoms with Gasteiger partial charge in [0.05, 0.1) is 19.1 Å². The molecular formula is C21H22ClN3O3. The molecule has 2 amide bonds. The zero-order valence-corrected chi connectivity index (χ0v) is 16.1. The first-order valence-corrected chi connectivity index (χ1v) is 9.75. The molecule has 146 valence electrons. The summed E-state index contributed by atoms with van der Waals surface area (Å²) in [5.74, 6) is -0.0931. The molecule has 28 heavy (non-hydrogen) atoms. The van der Waals surface area contributed by atoms with Gasteiger partial charge in [0, 0.05) is 22.9 Å². The third-order valence-electron chi connectivity index (χ3n) is 5.21. The highest BCUT2D eigenvalue weighted by Gasteiger charge is 2.30. The van der Waals surface area contributed by atoms with Crippen molar-refractivity contribution < 1.29 is 14.3 Å². The smallest absolute Gasteiger partial charge is 0.253 e. The Kier molecular flexibility index (Phi) is 5.35. The molecule has 2 aliphatic heterocycles.